The van der Waals surface area contributed by atoms with E-state index in [1.165, 1.54) is 27.1 Å². The van der Waals surface area contributed by atoms with Crippen LogP contribution in [0.1, 0.15) is 22.3 Å². The maximum Gasteiger partial charge on any atom is 0.0314 e. The van der Waals surface area contributed by atoms with Crippen LogP contribution >= 0.6 is 11.8 Å². The second kappa shape index (κ2) is 5.49. The van der Waals surface area contributed by atoms with Crippen LogP contribution in [0.4, 0.5) is 5.69 Å². The first-order valence-corrected chi connectivity index (χ1v) is 7.10. The SMILES string of the molecule is Cc1cc(C)c(CSc2ccc(N)cc2)c(C)c1. The molecule has 0 atom stereocenters. The number of aryl methyl sites for hydroxylation is 3. The minimum atomic E-state index is 0.821. The standard InChI is InChI=1S/C16H19NS/c1-11-8-12(2)16(13(3)9-11)10-18-15-6-4-14(17)5-7-15/h4-9H,10,17H2,1-3H3. The maximum absolute atomic E-state index is 5.69. The highest BCUT2D eigenvalue weighted by atomic mass is 32.2. The summed E-state index contributed by atoms with van der Waals surface area (Å²) in [7, 11) is 0. The van der Waals surface area contributed by atoms with Gasteiger partial charge in [-0.2, -0.15) is 0 Å². The van der Waals surface area contributed by atoms with E-state index in [1.54, 1.807) is 0 Å². The second-order valence-electron chi connectivity index (χ2n) is 4.73. The summed E-state index contributed by atoms with van der Waals surface area (Å²) >= 11 is 1.86. The topological polar surface area (TPSA) is 26.0 Å². The van der Waals surface area contributed by atoms with Crippen LogP contribution in [-0.2, 0) is 5.75 Å². The van der Waals surface area contributed by atoms with Gasteiger partial charge in [0.2, 0.25) is 0 Å². The highest BCUT2D eigenvalue weighted by Crippen LogP contribution is 2.27. The Bertz CT molecular complexity index is 521. The lowest BCUT2D eigenvalue weighted by Gasteiger charge is -2.11. The Labute approximate surface area is 113 Å². The van der Waals surface area contributed by atoms with E-state index in [-0.39, 0.29) is 0 Å². The summed E-state index contributed by atoms with van der Waals surface area (Å²) in [5.74, 6) is 1.02. The second-order valence-corrected chi connectivity index (χ2v) is 5.78. The zero-order chi connectivity index (χ0) is 13.1. The van der Waals surface area contributed by atoms with E-state index in [0.29, 0.717) is 0 Å². The Morgan fingerprint density at radius 1 is 0.944 bits per heavy atom. The summed E-state index contributed by atoms with van der Waals surface area (Å²) in [5, 5.41) is 0. The van der Waals surface area contributed by atoms with Crippen molar-refractivity contribution in [3.63, 3.8) is 0 Å². The summed E-state index contributed by atoms with van der Waals surface area (Å²) < 4.78 is 0. The van der Waals surface area contributed by atoms with E-state index < -0.39 is 0 Å². The number of hydrogen-bond acceptors (Lipinski definition) is 2. The van der Waals surface area contributed by atoms with Gasteiger partial charge in [-0.1, -0.05) is 17.7 Å². The molecule has 0 fully saturated rings. The first-order valence-electron chi connectivity index (χ1n) is 6.11. The zero-order valence-electron chi connectivity index (χ0n) is 11.2. The quantitative estimate of drug-likeness (QED) is 0.648. The lowest BCUT2D eigenvalue weighted by molar-refractivity contribution is 1.21. The third-order valence-electron chi connectivity index (χ3n) is 3.10. The fourth-order valence-electron chi connectivity index (χ4n) is 2.16. The predicted molar refractivity (Wildman–Crippen MR) is 81.1 cm³/mol. The minimum absolute atomic E-state index is 0.821. The third kappa shape index (κ3) is 3.08. The summed E-state index contributed by atoms with van der Waals surface area (Å²) in [4.78, 5) is 1.27. The monoisotopic (exact) mass is 257 g/mol. The highest BCUT2D eigenvalue weighted by molar-refractivity contribution is 7.98. The summed E-state index contributed by atoms with van der Waals surface area (Å²) in [5.41, 5.74) is 12.1. The van der Waals surface area contributed by atoms with Gasteiger partial charge in [-0.15, -0.1) is 11.8 Å². The van der Waals surface area contributed by atoms with E-state index in [4.69, 9.17) is 5.73 Å². The molecule has 0 aliphatic carbocycles. The predicted octanol–water partition coefficient (Wildman–Crippen LogP) is 4.49. The molecule has 0 radical (unpaired) electrons. The van der Waals surface area contributed by atoms with Crippen LogP contribution in [0.15, 0.2) is 41.3 Å². The van der Waals surface area contributed by atoms with Crippen LogP contribution in [0.25, 0.3) is 0 Å². The number of benzene rings is 2. The van der Waals surface area contributed by atoms with Crippen molar-refractivity contribution in [1.82, 2.24) is 0 Å². The summed E-state index contributed by atoms with van der Waals surface area (Å²) in [6, 6.07) is 12.6. The number of hydrogen-bond donors (Lipinski definition) is 1. The van der Waals surface area contributed by atoms with Crippen molar-refractivity contribution in [2.75, 3.05) is 5.73 Å². The third-order valence-corrected chi connectivity index (χ3v) is 4.14. The Balaban J connectivity index is 2.13. The number of rotatable bonds is 3. The zero-order valence-corrected chi connectivity index (χ0v) is 12.0. The van der Waals surface area contributed by atoms with E-state index in [2.05, 4.69) is 45.0 Å². The molecule has 0 bridgehead atoms. The first-order chi connectivity index (χ1) is 8.56. The normalized spacial score (nSPS) is 10.6. The van der Waals surface area contributed by atoms with Crippen LogP contribution in [0.5, 0.6) is 0 Å². The van der Waals surface area contributed by atoms with Crippen LogP contribution < -0.4 is 5.73 Å². The molecule has 18 heavy (non-hydrogen) atoms. The van der Waals surface area contributed by atoms with Crippen molar-refractivity contribution in [2.45, 2.75) is 31.4 Å². The Kier molecular flexibility index (Phi) is 3.97. The lowest BCUT2D eigenvalue weighted by atomic mass is 10.0. The molecule has 2 rings (SSSR count). The molecule has 0 heterocycles. The van der Waals surface area contributed by atoms with Gasteiger partial charge in [0.1, 0.15) is 0 Å². The molecule has 0 aliphatic heterocycles. The number of nitrogen functional groups attached to an aromatic ring is 1. The van der Waals surface area contributed by atoms with Crippen LogP contribution in [0.3, 0.4) is 0 Å². The van der Waals surface area contributed by atoms with E-state index >= 15 is 0 Å². The molecule has 2 heteroatoms. The molecule has 94 valence electrons. The number of nitrogens with two attached hydrogens (primary N) is 1. The molecule has 2 aromatic carbocycles. The summed E-state index contributed by atoms with van der Waals surface area (Å²) in [6.45, 7) is 6.54. The maximum atomic E-state index is 5.69. The Morgan fingerprint density at radius 3 is 2.06 bits per heavy atom. The van der Waals surface area contributed by atoms with Gasteiger partial charge in [-0.05, 0) is 61.7 Å². The van der Waals surface area contributed by atoms with Gasteiger partial charge >= 0.3 is 0 Å². The van der Waals surface area contributed by atoms with Gasteiger partial charge in [0.25, 0.3) is 0 Å². The number of thioether (sulfide) groups is 1. The van der Waals surface area contributed by atoms with Crippen LogP contribution in [-0.4, -0.2) is 0 Å². The molecule has 0 saturated carbocycles. The largest absolute Gasteiger partial charge is 0.399 e. The fourth-order valence-corrected chi connectivity index (χ4v) is 3.25. The van der Waals surface area contributed by atoms with E-state index in [9.17, 15) is 0 Å². The average molecular weight is 257 g/mol. The van der Waals surface area contributed by atoms with Gasteiger partial charge in [0, 0.05) is 16.3 Å². The van der Waals surface area contributed by atoms with Crippen molar-refractivity contribution < 1.29 is 0 Å². The molecule has 0 saturated heterocycles. The first kappa shape index (κ1) is 13.0. The molecule has 0 spiro atoms. The van der Waals surface area contributed by atoms with Gasteiger partial charge < -0.3 is 5.73 Å². The Morgan fingerprint density at radius 2 is 1.50 bits per heavy atom. The molecule has 1 nitrogen and oxygen atoms in total. The van der Waals surface area contributed by atoms with Crippen molar-refractivity contribution >= 4 is 17.4 Å². The molecular weight excluding hydrogens is 238 g/mol. The molecule has 0 amide bonds. The fraction of sp³-hybridized carbons (Fsp3) is 0.250. The number of anilines is 1. The van der Waals surface area contributed by atoms with Crippen molar-refractivity contribution in [2.24, 2.45) is 0 Å². The van der Waals surface area contributed by atoms with Crippen LogP contribution in [0, 0.1) is 20.8 Å². The molecule has 0 aromatic heterocycles. The smallest absolute Gasteiger partial charge is 0.0314 e. The Hall–Kier alpha value is -1.41. The van der Waals surface area contributed by atoms with Crippen molar-refractivity contribution in [3.05, 3.63) is 58.7 Å². The molecular formula is C16H19NS. The molecule has 0 aliphatic rings. The van der Waals surface area contributed by atoms with Gasteiger partial charge in [-0.3, -0.25) is 0 Å². The van der Waals surface area contributed by atoms with Gasteiger partial charge in [-0.25, -0.2) is 0 Å². The molecule has 2 N–H and O–H groups in total. The van der Waals surface area contributed by atoms with E-state index in [1.807, 2.05) is 23.9 Å². The van der Waals surface area contributed by atoms with Crippen molar-refractivity contribution in [1.29, 1.82) is 0 Å². The van der Waals surface area contributed by atoms with Gasteiger partial charge in [0.05, 0.1) is 0 Å². The van der Waals surface area contributed by atoms with Crippen molar-refractivity contribution in [3.8, 4) is 0 Å². The highest BCUT2D eigenvalue weighted by Gasteiger charge is 2.04. The van der Waals surface area contributed by atoms with Crippen LogP contribution in [0.2, 0.25) is 0 Å². The molecule has 0 unspecified atom stereocenters. The molecule has 2 aromatic rings. The summed E-state index contributed by atoms with van der Waals surface area (Å²) in [6.07, 6.45) is 0. The van der Waals surface area contributed by atoms with Gasteiger partial charge in [0.15, 0.2) is 0 Å². The van der Waals surface area contributed by atoms with E-state index in [0.717, 1.165) is 11.4 Å². The minimum Gasteiger partial charge on any atom is -0.399 e. The average Bonchev–Trinajstić information content (AvgIpc) is 2.30. The lowest BCUT2D eigenvalue weighted by Crippen LogP contribution is -1.93.